The third-order valence-corrected chi connectivity index (χ3v) is 5.55. The SMILES string of the molecule is CCN(Cc1ccc(OC)c(OC)c1)C(=O)c1cc(-c2ccco2)nc2c1cnn2C(C)C. The Morgan fingerprint density at radius 1 is 1.15 bits per heavy atom. The second-order valence-electron chi connectivity index (χ2n) is 7.96. The molecule has 8 nitrogen and oxygen atoms in total. The van der Waals surface area contributed by atoms with Gasteiger partial charge in [0.1, 0.15) is 5.69 Å². The number of aromatic nitrogens is 3. The van der Waals surface area contributed by atoms with Crippen molar-refractivity contribution in [2.45, 2.75) is 33.4 Å². The topological polar surface area (TPSA) is 82.6 Å². The minimum Gasteiger partial charge on any atom is -0.493 e. The highest BCUT2D eigenvalue weighted by atomic mass is 16.5. The first-order valence-electron chi connectivity index (χ1n) is 10.9. The van der Waals surface area contributed by atoms with E-state index < -0.39 is 0 Å². The van der Waals surface area contributed by atoms with Crippen molar-refractivity contribution in [2.75, 3.05) is 20.8 Å². The fourth-order valence-electron chi connectivity index (χ4n) is 3.82. The van der Waals surface area contributed by atoms with Crippen molar-refractivity contribution in [1.82, 2.24) is 19.7 Å². The molecule has 0 aliphatic rings. The number of hydrogen-bond donors (Lipinski definition) is 0. The van der Waals surface area contributed by atoms with Crippen LogP contribution in [0.25, 0.3) is 22.5 Å². The number of furan rings is 1. The summed E-state index contributed by atoms with van der Waals surface area (Å²) in [7, 11) is 3.20. The number of carbonyl (C=O) groups excluding carboxylic acids is 1. The number of hydrogen-bond acceptors (Lipinski definition) is 6. The molecule has 0 saturated heterocycles. The highest BCUT2D eigenvalue weighted by molar-refractivity contribution is 6.06. The molecule has 0 aliphatic carbocycles. The van der Waals surface area contributed by atoms with Crippen LogP contribution in [-0.2, 0) is 6.54 Å². The predicted octanol–water partition coefficient (Wildman–Crippen LogP) is 4.95. The lowest BCUT2D eigenvalue weighted by Gasteiger charge is -2.22. The number of methoxy groups -OCH3 is 2. The van der Waals surface area contributed by atoms with Crippen LogP contribution in [0.15, 0.2) is 53.3 Å². The summed E-state index contributed by atoms with van der Waals surface area (Å²) in [6, 6.07) is 11.2. The van der Waals surface area contributed by atoms with Gasteiger partial charge in [-0.1, -0.05) is 6.07 Å². The fraction of sp³-hybridized carbons (Fsp3) is 0.320. The Bertz CT molecular complexity index is 1260. The van der Waals surface area contributed by atoms with Crippen molar-refractivity contribution >= 4 is 16.9 Å². The first-order chi connectivity index (χ1) is 16.0. The second kappa shape index (κ2) is 9.36. The summed E-state index contributed by atoms with van der Waals surface area (Å²) < 4.78 is 18.1. The van der Waals surface area contributed by atoms with Crippen LogP contribution < -0.4 is 9.47 Å². The molecule has 172 valence electrons. The van der Waals surface area contributed by atoms with Crippen molar-refractivity contribution in [1.29, 1.82) is 0 Å². The van der Waals surface area contributed by atoms with E-state index in [1.165, 1.54) is 0 Å². The van der Waals surface area contributed by atoms with Crippen LogP contribution in [-0.4, -0.2) is 46.3 Å². The molecule has 0 atom stereocenters. The van der Waals surface area contributed by atoms with Crippen LogP contribution in [0.3, 0.4) is 0 Å². The summed E-state index contributed by atoms with van der Waals surface area (Å²) in [6.07, 6.45) is 3.31. The molecule has 0 saturated carbocycles. The summed E-state index contributed by atoms with van der Waals surface area (Å²) >= 11 is 0. The highest BCUT2D eigenvalue weighted by Crippen LogP contribution is 2.30. The van der Waals surface area contributed by atoms with Gasteiger partial charge in [0.25, 0.3) is 5.91 Å². The zero-order chi connectivity index (χ0) is 23.5. The van der Waals surface area contributed by atoms with Gasteiger partial charge in [-0.25, -0.2) is 9.67 Å². The van der Waals surface area contributed by atoms with Crippen molar-refractivity contribution < 1.29 is 18.7 Å². The molecule has 1 aromatic carbocycles. The maximum Gasteiger partial charge on any atom is 0.255 e. The summed E-state index contributed by atoms with van der Waals surface area (Å²) in [6.45, 7) is 6.98. The van der Waals surface area contributed by atoms with Crippen molar-refractivity contribution in [3.05, 3.63) is 60.0 Å². The maximum atomic E-state index is 13.7. The average molecular weight is 449 g/mol. The number of rotatable bonds is 8. The van der Waals surface area contributed by atoms with E-state index in [1.54, 1.807) is 43.7 Å². The monoisotopic (exact) mass is 448 g/mol. The van der Waals surface area contributed by atoms with E-state index in [2.05, 4.69) is 5.10 Å². The van der Waals surface area contributed by atoms with Gasteiger partial charge in [0, 0.05) is 19.1 Å². The van der Waals surface area contributed by atoms with Crippen molar-refractivity contribution in [3.8, 4) is 23.0 Å². The number of pyridine rings is 1. The number of carbonyl (C=O) groups is 1. The Morgan fingerprint density at radius 3 is 2.58 bits per heavy atom. The number of ether oxygens (including phenoxy) is 2. The highest BCUT2D eigenvalue weighted by Gasteiger charge is 2.23. The van der Waals surface area contributed by atoms with Gasteiger partial charge >= 0.3 is 0 Å². The number of amides is 1. The summed E-state index contributed by atoms with van der Waals surface area (Å²) in [5.74, 6) is 1.78. The van der Waals surface area contributed by atoms with Crippen LogP contribution in [0.2, 0.25) is 0 Å². The number of nitrogens with zero attached hydrogens (tertiary/aromatic N) is 4. The summed E-state index contributed by atoms with van der Waals surface area (Å²) in [5, 5.41) is 5.21. The Balaban J connectivity index is 1.76. The minimum absolute atomic E-state index is 0.0962. The summed E-state index contributed by atoms with van der Waals surface area (Å²) in [4.78, 5) is 20.3. The lowest BCUT2D eigenvalue weighted by Crippen LogP contribution is -2.30. The van der Waals surface area contributed by atoms with E-state index in [4.69, 9.17) is 18.9 Å². The molecule has 0 radical (unpaired) electrons. The predicted molar refractivity (Wildman–Crippen MR) is 126 cm³/mol. The molecule has 4 aromatic rings. The maximum absolute atomic E-state index is 13.7. The molecule has 3 aromatic heterocycles. The van der Waals surface area contributed by atoms with Crippen LogP contribution in [0.5, 0.6) is 11.5 Å². The molecule has 0 N–H and O–H groups in total. The van der Waals surface area contributed by atoms with E-state index in [9.17, 15) is 4.79 Å². The fourth-order valence-corrected chi connectivity index (χ4v) is 3.82. The average Bonchev–Trinajstić information content (AvgIpc) is 3.51. The first kappa shape index (κ1) is 22.4. The van der Waals surface area contributed by atoms with E-state index in [0.29, 0.717) is 47.3 Å². The standard InChI is InChI=1S/C25H28N4O4/c1-6-28(15-17-9-10-22(31-4)23(12-17)32-5)25(30)18-13-20(21-8-7-11-33-21)27-24-19(18)14-26-29(24)16(2)3/h7-14,16H,6,15H2,1-5H3. The molecule has 8 heteroatoms. The molecule has 0 unspecified atom stereocenters. The van der Waals surface area contributed by atoms with Crippen molar-refractivity contribution in [3.63, 3.8) is 0 Å². The zero-order valence-corrected chi connectivity index (χ0v) is 19.5. The summed E-state index contributed by atoms with van der Waals surface area (Å²) in [5.41, 5.74) is 2.74. The van der Waals surface area contributed by atoms with Crippen LogP contribution in [0, 0.1) is 0 Å². The van der Waals surface area contributed by atoms with Gasteiger partial charge in [-0.05, 0) is 56.7 Å². The normalized spacial score (nSPS) is 11.2. The van der Waals surface area contributed by atoms with E-state index in [1.807, 2.05) is 49.7 Å². The number of fused-ring (bicyclic) bond motifs is 1. The van der Waals surface area contributed by atoms with Gasteiger partial charge in [-0.2, -0.15) is 5.10 Å². The van der Waals surface area contributed by atoms with Gasteiger partial charge in [-0.15, -0.1) is 0 Å². The molecule has 0 bridgehead atoms. The zero-order valence-electron chi connectivity index (χ0n) is 19.5. The van der Waals surface area contributed by atoms with Gasteiger partial charge in [-0.3, -0.25) is 4.79 Å². The molecular weight excluding hydrogens is 420 g/mol. The number of benzene rings is 1. The Morgan fingerprint density at radius 2 is 1.94 bits per heavy atom. The Kier molecular flexibility index (Phi) is 6.35. The second-order valence-corrected chi connectivity index (χ2v) is 7.96. The third-order valence-electron chi connectivity index (χ3n) is 5.55. The van der Waals surface area contributed by atoms with Crippen LogP contribution in [0.1, 0.15) is 42.7 Å². The molecule has 0 aliphatic heterocycles. The Hall–Kier alpha value is -3.81. The molecule has 1 amide bonds. The minimum atomic E-state index is -0.101. The van der Waals surface area contributed by atoms with Gasteiger partial charge in [0.15, 0.2) is 22.9 Å². The molecule has 33 heavy (non-hydrogen) atoms. The van der Waals surface area contributed by atoms with E-state index >= 15 is 0 Å². The van der Waals surface area contributed by atoms with E-state index in [-0.39, 0.29) is 11.9 Å². The lowest BCUT2D eigenvalue weighted by atomic mass is 10.1. The quantitative estimate of drug-likeness (QED) is 0.379. The van der Waals surface area contributed by atoms with Gasteiger partial charge < -0.3 is 18.8 Å². The molecular formula is C25H28N4O4. The Labute approximate surface area is 192 Å². The third kappa shape index (κ3) is 4.28. The molecule has 0 fully saturated rings. The van der Waals surface area contributed by atoms with Gasteiger partial charge in [0.2, 0.25) is 0 Å². The van der Waals surface area contributed by atoms with Crippen LogP contribution >= 0.6 is 0 Å². The molecule has 4 rings (SSSR count). The van der Waals surface area contributed by atoms with Crippen LogP contribution in [0.4, 0.5) is 0 Å². The largest absolute Gasteiger partial charge is 0.493 e. The smallest absolute Gasteiger partial charge is 0.255 e. The molecule has 3 heterocycles. The van der Waals surface area contributed by atoms with Gasteiger partial charge in [0.05, 0.1) is 37.6 Å². The lowest BCUT2D eigenvalue weighted by molar-refractivity contribution is 0.0754. The first-order valence-corrected chi connectivity index (χ1v) is 10.9. The molecule has 0 spiro atoms. The van der Waals surface area contributed by atoms with Crippen molar-refractivity contribution in [2.24, 2.45) is 0 Å². The van der Waals surface area contributed by atoms with E-state index in [0.717, 1.165) is 10.9 Å².